The Balaban J connectivity index is 1.82. The molecule has 1 unspecified atom stereocenters. The van der Waals surface area contributed by atoms with E-state index in [-0.39, 0.29) is 11.8 Å². The number of hydrogen-bond acceptors (Lipinski definition) is 2. The summed E-state index contributed by atoms with van der Waals surface area (Å²) in [4.78, 5) is 27.1. The van der Waals surface area contributed by atoms with E-state index in [1.165, 1.54) is 0 Å². The van der Waals surface area contributed by atoms with E-state index in [9.17, 15) is 9.59 Å². The highest BCUT2D eigenvalue weighted by atomic mass is 79.9. The third kappa shape index (κ3) is 2.04. The molecule has 4 rings (SSSR count). The molecular weight excluding hydrogens is 344 g/mol. The van der Waals surface area contributed by atoms with Gasteiger partial charge in [0.1, 0.15) is 6.04 Å². The van der Waals surface area contributed by atoms with Gasteiger partial charge >= 0.3 is 0 Å². The molecule has 2 heterocycles. The molecule has 1 N–H and O–H groups in total. The molecule has 2 aliphatic heterocycles. The molecule has 110 valence electrons. The molecule has 0 spiro atoms. The van der Waals surface area contributed by atoms with Gasteiger partial charge < -0.3 is 10.2 Å². The smallest absolute Gasteiger partial charge is 0.257 e. The van der Waals surface area contributed by atoms with E-state index in [1.807, 2.05) is 30.3 Å². The maximum atomic E-state index is 12.9. The molecule has 0 saturated heterocycles. The van der Waals surface area contributed by atoms with Gasteiger partial charge in [0, 0.05) is 17.4 Å². The van der Waals surface area contributed by atoms with Gasteiger partial charge in [0.2, 0.25) is 5.91 Å². The second kappa shape index (κ2) is 4.95. The van der Waals surface area contributed by atoms with E-state index in [2.05, 4.69) is 21.2 Å². The van der Waals surface area contributed by atoms with Crippen molar-refractivity contribution < 1.29 is 9.59 Å². The molecule has 0 radical (unpaired) electrons. The molecule has 22 heavy (non-hydrogen) atoms. The van der Waals surface area contributed by atoms with Crippen molar-refractivity contribution in [1.29, 1.82) is 0 Å². The maximum absolute atomic E-state index is 12.9. The molecule has 0 bridgehead atoms. The van der Waals surface area contributed by atoms with Crippen LogP contribution in [0.2, 0.25) is 0 Å². The zero-order chi connectivity index (χ0) is 15.3. The predicted molar refractivity (Wildman–Crippen MR) is 86.6 cm³/mol. The Hall–Kier alpha value is -2.14. The van der Waals surface area contributed by atoms with E-state index in [0.717, 1.165) is 15.6 Å². The van der Waals surface area contributed by atoms with Gasteiger partial charge in [-0.1, -0.05) is 40.2 Å². The van der Waals surface area contributed by atoms with Gasteiger partial charge in [-0.15, -0.1) is 0 Å². The van der Waals surface area contributed by atoms with Crippen LogP contribution in [-0.2, 0) is 17.8 Å². The lowest BCUT2D eigenvalue weighted by atomic mass is 9.93. The number of halogens is 1. The first-order chi connectivity index (χ1) is 10.6. The summed E-state index contributed by atoms with van der Waals surface area (Å²) in [5.41, 5.74) is 3.36. The number of anilines is 1. The van der Waals surface area contributed by atoms with E-state index in [1.54, 1.807) is 17.0 Å². The van der Waals surface area contributed by atoms with Crippen molar-refractivity contribution in [2.75, 3.05) is 5.32 Å². The van der Waals surface area contributed by atoms with Gasteiger partial charge in [0.15, 0.2) is 0 Å². The van der Waals surface area contributed by atoms with Crippen molar-refractivity contribution in [3.05, 3.63) is 63.6 Å². The first-order valence-electron chi connectivity index (χ1n) is 7.11. The summed E-state index contributed by atoms with van der Waals surface area (Å²) in [6.07, 6.45) is 0.558. The summed E-state index contributed by atoms with van der Waals surface area (Å²) in [5, 5.41) is 2.89. The highest BCUT2D eigenvalue weighted by molar-refractivity contribution is 9.10. The third-order valence-electron chi connectivity index (χ3n) is 4.28. The Morgan fingerprint density at radius 1 is 1.09 bits per heavy atom. The molecule has 2 amide bonds. The van der Waals surface area contributed by atoms with Crippen molar-refractivity contribution in [2.24, 2.45) is 0 Å². The average Bonchev–Trinajstić information content (AvgIpc) is 2.63. The van der Waals surface area contributed by atoms with Crippen LogP contribution in [0.15, 0.2) is 46.9 Å². The molecule has 2 aromatic carbocycles. The van der Waals surface area contributed by atoms with Crippen LogP contribution in [0.1, 0.15) is 21.5 Å². The lowest BCUT2D eigenvalue weighted by Gasteiger charge is -2.34. The monoisotopic (exact) mass is 356 g/mol. The van der Waals surface area contributed by atoms with Gasteiger partial charge in [-0.05, 0) is 29.3 Å². The Bertz CT molecular complexity index is 803. The van der Waals surface area contributed by atoms with Gasteiger partial charge in [-0.2, -0.15) is 0 Å². The van der Waals surface area contributed by atoms with Crippen molar-refractivity contribution in [1.82, 2.24) is 4.90 Å². The van der Waals surface area contributed by atoms with Crippen molar-refractivity contribution >= 4 is 33.4 Å². The Morgan fingerprint density at radius 3 is 2.68 bits per heavy atom. The van der Waals surface area contributed by atoms with Crippen LogP contribution in [-0.4, -0.2) is 22.8 Å². The van der Waals surface area contributed by atoms with Crippen LogP contribution in [0.4, 0.5) is 5.69 Å². The molecule has 2 aliphatic rings. The number of rotatable bonds is 0. The van der Waals surface area contributed by atoms with Gasteiger partial charge in [-0.3, -0.25) is 9.59 Å². The van der Waals surface area contributed by atoms with Crippen molar-refractivity contribution in [3.63, 3.8) is 0 Å². The van der Waals surface area contributed by atoms with Crippen LogP contribution in [0.5, 0.6) is 0 Å². The summed E-state index contributed by atoms with van der Waals surface area (Å²) < 4.78 is 0.824. The van der Waals surface area contributed by atoms with E-state index >= 15 is 0 Å². The molecule has 0 aromatic heterocycles. The van der Waals surface area contributed by atoms with Crippen LogP contribution in [0.25, 0.3) is 0 Å². The van der Waals surface area contributed by atoms with Crippen molar-refractivity contribution in [3.8, 4) is 0 Å². The topological polar surface area (TPSA) is 49.4 Å². The fourth-order valence-corrected chi connectivity index (χ4v) is 3.50. The number of nitrogens with one attached hydrogen (secondary N) is 1. The van der Waals surface area contributed by atoms with E-state index in [4.69, 9.17) is 0 Å². The zero-order valence-corrected chi connectivity index (χ0v) is 13.3. The first-order valence-corrected chi connectivity index (χ1v) is 7.91. The lowest BCUT2D eigenvalue weighted by Crippen LogP contribution is -2.48. The van der Waals surface area contributed by atoms with Gasteiger partial charge in [0.25, 0.3) is 5.91 Å². The van der Waals surface area contributed by atoms with E-state index in [0.29, 0.717) is 24.2 Å². The minimum atomic E-state index is -0.450. The summed E-state index contributed by atoms with van der Waals surface area (Å²) in [6.45, 7) is 0.471. The van der Waals surface area contributed by atoms with Crippen molar-refractivity contribution in [2.45, 2.75) is 19.0 Å². The Kier molecular flexibility index (Phi) is 3.04. The normalized spacial score (nSPS) is 19.7. The minimum Gasteiger partial charge on any atom is -0.324 e. The summed E-state index contributed by atoms with van der Waals surface area (Å²) in [5.74, 6) is -0.224. The zero-order valence-electron chi connectivity index (χ0n) is 11.7. The van der Waals surface area contributed by atoms with Crippen LogP contribution in [0.3, 0.4) is 0 Å². The second-order valence-corrected chi connectivity index (χ2v) is 6.52. The molecule has 0 saturated carbocycles. The number of benzene rings is 2. The summed E-state index contributed by atoms with van der Waals surface area (Å²) >= 11 is 3.39. The number of carbonyl (C=O) groups excluding carboxylic acids is 2. The van der Waals surface area contributed by atoms with E-state index < -0.39 is 6.04 Å². The van der Waals surface area contributed by atoms with Crippen LogP contribution >= 0.6 is 15.9 Å². The fourth-order valence-electron chi connectivity index (χ4n) is 3.14. The molecule has 0 fully saturated rings. The molecule has 4 nitrogen and oxygen atoms in total. The number of fused-ring (bicyclic) bond motifs is 3. The minimum absolute atomic E-state index is 0.103. The number of nitrogens with zero attached hydrogens (tertiary/aromatic N) is 1. The number of carbonyl (C=O) groups is 2. The predicted octanol–water partition coefficient (Wildman–Crippen LogP) is 2.97. The van der Waals surface area contributed by atoms with Crippen LogP contribution in [0, 0.1) is 0 Å². The first kappa shape index (κ1) is 13.5. The molecule has 0 aliphatic carbocycles. The quantitative estimate of drug-likeness (QED) is 0.788. The summed E-state index contributed by atoms with van der Waals surface area (Å²) in [7, 11) is 0. The number of hydrogen-bond donors (Lipinski definition) is 1. The molecule has 2 aromatic rings. The third-order valence-corrected chi connectivity index (χ3v) is 4.78. The average molecular weight is 357 g/mol. The Morgan fingerprint density at radius 2 is 1.86 bits per heavy atom. The SMILES string of the molecule is O=C1Nc2ccc(Br)cc2C(=O)N2Cc3ccccc3CC12. The fraction of sp³-hybridized carbons (Fsp3) is 0.176. The lowest BCUT2D eigenvalue weighted by molar-refractivity contribution is -0.120. The van der Waals surface area contributed by atoms with Crippen LogP contribution < -0.4 is 5.32 Å². The highest BCUT2D eigenvalue weighted by Gasteiger charge is 2.38. The highest BCUT2D eigenvalue weighted by Crippen LogP contribution is 2.31. The number of amides is 2. The van der Waals surface area contributed by atoms with Gasteiger partial charge in [-0.25, -0.2) is 0 Å². The standard InChI is InChI=1S/C17H13BrN2O2/c18-12-5-6-14-13(8-12)17(22)20-9-11-4-2-1-3-10(11)7-15(20)16(21)19-14/h1-6,8,15H,7,9H2,(H,19,21). The molecular formula is C17H13BrN2O2. The molecule has 1 atom stereocenters. The molecule has 5 heteroatoms. The Labute approximate surface area is 136 Å². The van der Waals surface area contributed by atoms with Gasteiger partial charge in [0.05, 0.1) is 11.3 Å². The largest absolute Gasteiger partial charge is 0.324 e. The summed E-state index contributed by atoms with van der Waals surface area (Å²) in [6, 6.07) is 12.9. The maximum Gasteiger partial charge on any atom is 0.257 e. The second-order valence-electron chi connectivity index (χ2n) is 5.60.